The maximum Gasteiger partial charge on any atom is 0.159 e. The maximum atomic E-state index is 11.6. The Labute approximate surface area is 106 Å². The van der Waals surface area contributed by atoms with Gasteiger partial charge in [0.05, 0.1) is 11.5 Å². The van der Waals surface area contributed by atoms with E-state index in [9.17, 15) is 8.42 Å². The molecule has 6 heteroatoms. The Hall–Kier alpha value is -1.43. The molecule has 0 bridgehead atoms. The molecule has 1 aliphatic rings. The molecular weight excluding hydrogens is 250 g/mol. The summed E-state index contributed by atoms with van der Waals surface area (Å²) in [5.41, 5.74) is 1.69. The molecule has 3 rings (SSSR count). The highest BCUT2D eigenvalue weighted by atomic mass is 32.2. The highest BCUT2D eigenvalue weighted by Crippen LogP contribution is 2.30. The number of pyridine rings is 1. The summed E-state index contributed by atoms with van der Waals surface area (Å²) in [4.78, 5) is 8.90. The smallest absolute Gasteiger partial charge is 0.159 e. The first-order valence-corrected chi connectivity index (χ1v) is 7.94. The van der Waals surface area contributed by atoms with Crippen molar-refractivity contribution in [2.24, 2.45) is 0 Å². The van der Waals surface area contributed by atoms with Crippen molar-refractivity contribution in [2.75, 3.05) is 11.5 Å². The van der Waals surface area contributed by atoms with Crippen molar-refractivity contribution in [1.82, 2.24) is 14.5 Å². The van der Waals surface area contributed by atoms with Crippen LogP contribution < -0.4 is 0 Å². The molecule has 0 N–H and O–H groups in total. The van der Waals surface area contributed by atoms with Crippen LogP contribution in [0.4, 0.5) is 0 Å². The molecule has 5 nitrogen and oxygen atoms in total. The van der Waals surface area contributed by atoms with Gasteiger partial charge in [0.25, 0.3) is 0 Å². The second-order valence-corrected chi connectivity index (χ2v) is 6.89. The lowest BCUT2D eigenvalue weighted by atomic mass is 10.1. The molecule has 0 radical (unpaired) electrons. The zero-order chi connectivity index (χ0) is 12.8. The predicted octanol–water partition coefficient (Wildman–Crippen LogP) is 1.35. The molecule has 0 amide bonds. The van der Waals surface area contributed by atoms with Crippen LogP contribution in [-0.4, -0.2) is 34.5 Å². The third-order valence-corrected chi connectivity index (χ3v) is 5.22. The van der Waals surface area contributed by atoms with Crippen molar-refractivity contribution in [3.05, 3.63) is 24.2 Å². The number of rotatable bonds is 2. The molecule has 1 unspecified atom stereocenters. The Morgan fingerprint density at radius 2 is 2.33 bits per heavy atom. The minimum atomic E-state index is -2.88. The molecule has 3 heterocycles. The molecule has 1 saturated heterocycles. The van der Waals surface area contributed by atoms with E-state index in [4.69, 9.17) is 0 Å². The van der Waals surface area contributed by atoms with Crippen LogP contribution >= 0.6 is 0 Å². The van der Waals surface area contributed by atoms with Crippen LogP contribution in [0.25, 0.3) is 11.2 Å². The van der Waals surface area contributed by atoms with E-state index in [1.165, 1.54) is 0 Å². The van der Waals surface area contributed by atoms with Gasteiger partial charge < -0.3 is 4.57 Å². The summed E-state index contributed by atoms with van der Waals surface area (Å²) in [6.45, 7) is 2.79. The molecule has 1 aliphatic heterocycles. The van der Waals surface area contributed by atoms with Gasteiger partial charge in [-0.2, -0.15) is 0 Å². The van der Waals surface area contributed by atoms with E-state index >= 15 is 0 Å². The van der Waals surface area contributed by atoms with E-state index in [0.29, 0.717) is 6.42 Å². The summed E-state index contributed by atoms with van der Waals surface area (Å²) in [7, 11) is -2.88. The van der Waals surface area contributed by atoms with Gasteiger partial charge in [-0.05, 0) is 25.5 Å². The van der Waals surface area contributed by atoms with Gasteiger partial charge in [-0.15, -0.1) is 0 Å². The van der Waals surface area contributed by atoms with Crippen molar-refractivity contribution in [1.29, 1.82) is 0 Å². The SMILES string of the molecule is CCn1c(C2CCS(=O)(=O)C2)nc2cccnc21. The zero-order valence-corrected chi connectivity index (χ0v) is 11.0. The lowest BCUT2D eigenvalue weighted by molar-refractivity contribution is 0.599. The Morgan fingerprint density at radius 3 is 3.00 bits per heavy atom. The monoisotopic (exact) mass is 265 g/mol. The lowest BCUT2D eigenvalue weighted by Gasteiger charge is -2.09. The van der Waals surface area contributed by atoms with Gasteiger partial charge in [-0.3, -0.25) is 0 Å². The molecule has 96 valence electrons. The van der Waals surface area contributed by atoms with Gasteiger partial charge in [0, 0.05) is 18.7 Å². The van der Waals surface area contributed by atoms with Crippen molar-refractivity contribution < 1.29 is 8.42 Å². The number of fused-ring (bicyclic) bond motifs is 1. The quantitative estimate of drug-likeness (QED) is 0.822. The molecular formula is C12H15N3O2S. The largest absolute Gasteiger partial charge is 0.313 e. The fourth-order valence-corrected chi connectivity index (χ4v) is 4.34. The third kappa shape index (κ3) is 1.80. The number of hydrogen-bond donors (Lipinski definition) is 0. The first-order chi connectivity index (χ1) is 8.61. The highest BCUT2D eigenvalue weighted by Gasteiger charge is 2.32. The average molecular weight is 265 g/mol. The van der Waals surface area contributed by atoms with Crippen LogP contribution in [0.2, 0.25) is 0 Å². The normalized spacial score (nSPS) is 22.6. The number of aromatic nitrogens is 3. The van der Waals surface area contributed by atoms with Gasteiger partial charge in [-0.1, -0.05) is 0 Å². The van der Waals surface area contributed by atoms with Gasteiger partial charge in [0.15, 0.2) is 15.5 Å². The van der Waals surface area contributed by atoms with E-state index in [2.05, 4.69) is 9.97 Å². The van der Waals surface area contributed by atoms with Crippen LogP contribution in [0.3, 0.4) is 0 Å². The topological polar surface area (TPSA) is 64.8 Å². The number of hydrogen-bond acceptors (Lipinski definition) is 4. The first kappa shape index (κ1) is 11.6. The Balaban J connectivity index is 2.12. The molecule has 0 saturated carbocycles. The van der Waals surface area contributed by atoms with Crippen LogP contribution in [0, 0.1) is 0 Å². The Bertz CT molecular complexity index is 690. The minimum absolute atomic E-state index is 0.0177. The van der Waals surface area contributed by atoms with Crippen molar-refractivity contribution >= 4 is 21.0 Å². The maximum absolute atomic E-state index is 11.6. The van der Waals surface area contributed by atoms with Crippen LogP contribution in [0.1, 0.15) is 25.1 Å². The van der Waals surface area contributed by atoms with Gasteiger partial charge >= 0.3 is 0 Å². The van der Waals surface area contributed by atoms with E-state index < -0.39 is 9.84 Å². The first-order valence-electron chi connectivity index (χ1n) is 6.12. The summed E-state index contributed by atoms with van der Waals surface area (Å²) in [5, 5.41) is 0. The minimum Gasteiger partial charge on any atom is -0.313 e. The number of sulfone groups is 1. The Kier molecular flexibility index (Phi) is 2.62. The predicted molar refractivity (Wildman–Crippen MR) is 69.2 cm³/mol. The molecule has 18 heavy (non-hydrogen) atoms. The number of imidazole rings is 1. The molecule has 1 fully saturated rings. The molecule has 0 spiro atoms. The van der Waals surface area contributed by atoms with Crippen molar-refractivity contribution in [2.45, 2.75) is 25.8 Å². The zero-order valence-electron chi connectivity index (χ0n) is 10.2. The van der Waals surface area contributed by atoms with Gasteiger partial charge in [-0.25, -0.2) is 18.4 Å². The fourth-order valence-electron chi connectivity index (χ4n) is 2.60. The second-order valence-electron chi connectivity index (χ2n) is 4.66. The van der Waals surface area contributed by atoms with E-state index in [1.807, 2.05) is 23.6 Å². The van der Waals surface area contributed by atoms with E-state index in [1.54, 1.807) is 6.20 Å². The van der Waals surface area contributed by atoms with Crippen LogP contribution in [0.15, 0.2) is 18.3 Å². The molecule has 2 aromatic rings. The lowest BCUT2D eigenvalue weighted by Crippen LogP contribution is -2.10. The summed E-state index contributed by atoms with van der Waals surface area (Å²) in [6, 6.07) is 3.77. The summed E-state index contributed by atoms with van der Waals surface area (Å²) >= 11 is 0. The third-order valence-electron chi connectivity index (χ3n) is 3.45. The van der Waals surface area contributed by atoms with Crippen LogP contribution in [0.5, 0.6) is 0 Å². The summed E-state index contributed by atoms with van der Waals surface area (Å²) in [5.74, 6) is 1.38. The summed E-state index contributed by atoms with van der Waals surface area (Å²) in [6.07, 6.45) is 2.41. The fraction of sp³-hybridized carbons (Fsp3) is 0.500. The second kappa shape index (κ2) is 4.05. The number of aryl methyl sites for hydroxylation is 1. The van der Waals surface area contributed by atoms with Crippen molar-refractivity contribution in [3.8, 4) is 0 Å². The van der Waals surface area contributed by atoms with Crippen molar-refractivity contribution in [3.63, 3.8) is 0 Å². The van der Waals surface area contributed by atoms with Gasteiger partial charge in [0.2, 0.25) is 0 Å². The number of nitrogens with zero attached hydrogens (tertiary/aromatic N) is 3. The van der Waals surface area contributed by atoms with E-state index in [-0.39, 0.29) is 17.4 Å². The molecule has 0 aliphatic carbocycles. The standard InChI is InChI=1S/C12H15N3O2S/c1-2-15-11(9-5-7-18(16,17)8-9)14-10-4-3-6-13-12(10)15/h3-4,6,9H,2,5,7-8H2,1H3. The van der Waals surface area contributed by atoms with Crippen LogP contribution in [-0.2, 0) is 16.4 Å². The molecule has 1 atom stereocenters. The summed E-state index contributed by atoms with van der Waals surface area (Å²) < 4.78 is 25.2. The average Bonchev–Trinajstić information content (AvgIpc) is 2.88. The Morgan fingerprint density at radius 1 is 1.50 bits per heavy atom. The highest BCUT2D eigenvalue weighted by molar-refractivity contribution is 7.91. The van der Waals surface area contributed by atoms with E-state index in [0.717, 1.165) is 23.5 Å². The van der Waals surface area contributed by atoms with Gasteiger partial charge in [0.1, 0.15) is 11.3 Å². The molecule has 2 aromatic heterocycles. The molecule has 0 aromatic carbocycles.